The monoisotopic (exact) mass is 448 g/mol. The van der Waals surface area contributed by atoms with Gasteiger partial charge in [-0.05, 0) is 44.5 Å². The first kappa shape index (κ1) is 22.2. The maximum atomic E-state index is 12.7. The van der Waals surface area contributed by atoms with Crippen LogP contribution >= 0.6 is 23.2 Å². The van der Waals surface area contributed by atoms with E-state index in [0.29, 0.717) is 33.7 Å². The number of benzene rings is 2. The van der Waals surface area contributed by atoms with E-state index < -0.39 is 0 Å². The number of carbonyl (C=O) groups excluding carboxylic acids is 1. The Balaban J connectivity index is 2.20. The van der Waals surface area contributed by atoms with Crippen molar-refractivity contribution in [1.29, 1.82) is 0 Å². The Kier molecular flexibility index (Phi) is 6.48. The lowest BCUT2D eigenvalue weighted by molar-refractivity contribution is -0.118. The van der Waals surface area contributed by atoms with Crippen LogP contribution < -0.4 is 15.0 Å². The number of imidazole rings is 1. The fourth-order valence-electron chi connectivity index (χ4n) is 3.59. The third-order valence-electron chi connectivity index (χ3n) is 5.02. The molecule has 0 atom stereocenters. The summed E-state index contributed by atoms with van der Waals surface area (Å²) in [6.45, 7) is 7.78. The standard InChI is InChI=1S/C22H26Cl2N4O2/c1-7-18(29)28(12(2)3)16-9-8-15(24)20-21(16)27(5)22(26-20)25-19-13(4)10-14(23)11-17(19)30-6/h8-12H,7H2,1-6H3,(H,25,26). The van der Waals surface area contributed by atoms with E-state index in [1.54, 1.807) is 24.1 Å². The van der Waals surface area contributed by atoms with Gasteiger partial charge in [0.05, 0.1) is 29.0 Å². The van der Waals surface area contributed by atoms with E-state index in [2.05, 4.69) is 5.32 Å². The van der Waals surface area contributed by atoms with Crippen LogP contribution in [0, 0.1) is 6.92 Å². The normalized spacial score (nSPS) is 11.2. The summed E-state index contributed by atoms with van der Waals surface area (Å²) in [6.07, 6.45) is 0.409. The van der Waals surface area contributed by atoms with Crippen LogP contribution in [0.2, 0.25) is 10.0 Å². The molecule has 0 aliphatic carbocycles. The number of fused-ring (bicyclic) bond motifs is 1. The first-order valence-corrected chi connectivity index (χ1v) is 10.5. The van der Waals surface area contributed by atoms with Crippen molar-refractivity contribution in [2.75, 3.05) is 17.3 Å². The summed E-state index contributed by atoms with van der Waals surface area (Å²) >= 11 is 12.6. The molecule has 1 aromatic heterocycles. The maximum absolute atomic E-state index is 12.7. The zero-order chi connectivity index (χ0) is 22.2. The van der Waals surface area contributed by atoms with E-state index in [4.69, 9.17) is 32.9 Å². The number of nitrogens with zero attached hydrogens (tertiary/aromatic N) is 3. The molecule has 0 saturated carbocycles. The highest BCUT2D eigenvalue weighted by molar-refractivity contribution is 6.35. The molecule has 0 spiro atoms. The van der Waals surface area contributed by atoms with Crippen LogP contribution in [0.3, 0.4) is 0 Å². The molecule has 1 amide bonds. The van der Waals surface area contributed by atoms with Gasteiger partial charge in [0, 0.05) is 30.6 Å². The van der Waals surface area contributed by atoms with Gasteiger partial charge in [-0.25, -0.2) is 4.98 Å². The Hall–Kier alpha value is -2.44. The number of methoxy groups -OCH3 is 1. The predicted molar refractivity (Wildman–Crippen MR) is 125 cm³/mol. The third-order valence-corrected chi connectivity index (χ3v) is 5.54. The topological polar surface area (TPSA) is 59.4 Å². The first-order valence-electron chi connectivity index (χ1n) is 9.77. The van der Waals surface area contributed by atoms with Crippen LogP contribution in [-0.4, -0.2) is 28.6 Å². The lowest BCUT2D eigenvalue weighted by Gasteiger charge is -2.27. The lowest BCUT2D eigenvalue weighted by atomic mass is 10.2. The van der Waals surface area contributed by atoms with Gasteiger partial charge in [0.2, 0.25) is 11.9 Å². The van der Waals surface area contributed by atoms with Gasteiger partial charge >= 0.3 is 0 Å². The second-order valence-electron chi connectivity index (χ2n) is 7.39. The lowest BCUT2D eigenvalue weighted by Crippen LogP contribution is -2.36. The quantitative estimate of drug-likeness (QED) is 0.495. The average Bonchev–Trinajstić information content (AvgIpc) is 3.02. The minimum absolute atomic E-state index is 0.00765. The van der Waals surface area contributed by atoms with E-state index >= 15 is 0 Å². The van der Waals surface area contributed by atoms with Crippen molar-refractivity contribution in [3.8, 4) is 5.75 Å². The molecule has 3 rings (SSSR count). The number of halogens is 2. The molecule has 8 heteroatoms. The molecule has 0 aliphatic heterocycles. The van der Waals surface area contributed by atoms with Gasteiger partial charge in [-0.1, -0.05) is 30.1 Å². The Labute approximate surface area is 186 Å². The number of aromatic nitrogens is 2. The minimum Gasteiger partial charge on any atom is -0.495 e. The molecule has 3 aromatic rings. The van der Waals surface area contributed by atoms with E-state index in [1.165, 1.54) is 0 Å². The smallest absolute Gasteiger partial charge is 0.227 e. The van der Waals surface area contributed by atoms with Crippen LogP contribution in [0.25, 0.3) is 11.0 Å². The SMILES string of the molecule is CCC(=O)N(c1ccc(Cl)c2nc(Nc3c(C)cc(Cl)cc3OC)n(C)c12)C(C)C. The van der Waals surface area contributed by atoms with E-state index in [-0.39, 0.29) is 11.9 Å². The third kappa shape index (κ3) is 3.94. The zero-order valence-electron chi connectivity index (χ0n) is 18.0. The number of hydrogen-bond acceptors (Lipinski definition) is 4. The Morgan fingerprint density at radius 1 is 1.30 bits per heavy atom. The fraction of sp³-hybridized carbons (Fsp3) is 0.364. The zero-order valence-corrected chi connectivity index (χ0v) is 19.5. The van der Waals surface area contributed by atoms with E-state index in [0.717, 1.165) is 22.5 Å². The highest BCUT2D eigenvalue weighted by atomic mass is 35.5. The second kappa shape index (κ2) is 8.74. The summed E-state index contributed by atoms with van der Waals surface area (Å²) in [5.41, 5.74) is 3.87. The molecule has 160 valence electrons. The molecular weight excluding hydrogens is 423 g/mol. The van der Waals surface area contributed by atoms with Gasteiger partial charge in [-0.15, -0.1) is 0 Å². The molecule has 0 radical (unpaired) electrons. The molecule has 0 bridgehead atoms. The van der Waals surface area contributed by atoms with Crippen molar-refractivity contribution >= 4 is 57.5 Å². The number of aryl methyl sites for hydroxylation is 2. The summed E-state index contributed by atoms with van der Waals surface area (Å²) in [4.78, 5) is 19.2. The van der Waals surface area contributed by atoms with E-state index in [9.17, 15) is 4.79 Å². The highest BCUT2D eigenvalue weighted by Crippen LogP contribution is 2.38. The van der Waals surface area contributed by atoms with Crippen molar-refractivity contribution in [2.45, 2.75) is 40.2 Å². The summed E-state index contributed by atoms with van der Waals surface area (Å²) in [5, 5.41) is 4.46. The summed E-state index contributed by atoms with van der Waals surface area (Å²) in [5.74, 6) is 1.23. The largest absolute Gasteiger partial charge is 0.495 e. The van der Waals surface area contributed by atoms with Crippen LogP contribution in [0.15, 0.2) is 24.3 Å². The van der Waals surface area contributed by atoms with Crippen LogP contribution in [0.5, 0.6) is 5.75 Å². The summed E-state index contributed by atoms with van der Waals surface area (Å²) in [7, 11) is 3.49. The number of rotatable bonds is 6. The molecule has 0 fully saturated rings. The van der Waals surface area contributed by atoms with E-state index in [1.807, 2.05) is 51.4 Å². The average molecular weight is 449 g/mol. The van der Waals surface area contributed by atoms with Crippen molar-refractivity contribution < 1.29 is 9.53 Å². The number of anilines is 3. The minimum atomic E-state index is -0.00765. The van der Waals surface area contributed by atoms with Crippen molar-refractivity contribution in [3.63, 3.8) is 0 Å². The Bertz CT molecular complexity index is 1110. The number of hydrogen-bond donors (Lipinski definition) is 1. The van der Waals surface area contributed by atoms with Crippen molar-refractivity contribution in [2.24, 2.45) is 7.05 Å². The molecule has 0 unspecified atom stereocenters. The van der Waals surface area contributed by atoms with Crippen LogP contribution in [-0.2, 0) is 11.8 Å². The molecule has 0 saturated heterocycles. The summed E-state index contributed by atoms with van der Waals surface area (Å²) in [6, 6.07) is 7.25. The van der Waals surface area contributed by atoms with Gasteiger partial charge in [0.25, 0.3) is 0 Å². The first-order chi connectivity index (χ1) is 14.2. The highest BCUT2D eigenvalue weighted by Gasteiger charge is 2.24. The molecule has 1 heterocycles. The summed E-state index contributed by atoms with van der Waals surface area (Å²) < 4.78 is 7.40. The van der Waals surface area contributed by atoms with Crippen LogP contribution in [0.1, 0.15) is 32.8 Å². The molecule has 30 heavy (non-hydrogen) atoms. The van der Waals surface area contributed by atoms with Crippen molar-refractivity contribution in [3.05, 3.63) is 39.9 Å². The van der Waals surface area contributed by atoms with Gasteiger partial charge < -0.3 is 19.5 Å². The van der Waals surface area contributed by atoms with Gasteiger partial charge in [-0.2, -0.15) is 0 Å². The van der Waals surface area contributed by atoms with Crippen molar-refractivity contribution in [1.82, 2.24) is 9.55 Å². The number of ether oxygens (including phenoxy) is 1. The fourth-order valence-corrected chi connectivity index (χ4v) is 4.05. The number of carbonyl (C=O) groups is 1. The van der Waals surface area contributed by atoms with Gasteiger partial charge in [0.1, 0.15) is 11.3 Å². The predicted octanol–water partition coefficient (Wildman–Crippen LogP) is 6.09. The van der Waals surface area contributed by atoms with Crippen LogP contribution in [0.4, 0.5) is 17.3 Å². The molecule has 0 aliphatic rings. The molecule has 6 nitrogen and oxygen atoms in total. The number of amides is 1. The maximum Gasteiger partial charge on any atom is 0.227 e. The molecular formula is C22H26Cl2N4O2. The molecule has 1 N–H and O–H groups in total. The van der Waals surface area contributed by atoms with Gasteiger partial charge in [0.15, 0.2) is 0 Å². The Morgan fingerprint density at radius 2 is 2.00 bits per heavy atom. The Morgan fingerprint density at radius 3 is 2.60 bits per heavy atom. The molecule has 2 aromatic carbocycles. The second-order valence-corrected chi connectivity index (χ2v) is 8.24. The van der Waals surface area contributed by atoms with Gasteiger partial charge in [-0.3, -0.25) is 4.79 Å². The number of nitrogens with one attached hydrogen (secondary N) is 1.